The molecule has 0 bridgehead atoms. The lowest BCUT2D eigenvalue weighted by atomic mass is 9.85. The van der Waals surface area contributed by atoms with Gasteiger partial charge in [0, 0.05) is 46.3 Å². The number of fused-ring (bicyclic) bond motifs is 15. The third-order valence-corrected chi connectivity index (χ3v) is 16.4. The summed E-state index contributed by atoms with van der Waals surface area (Å²) in [6.45, 7) is 0. The molecule has 7 heteroatoms. The largest absolute Gasteiger partial charge is 0.317 e. The zero-order valence-electron chi connectivity index (χ0n) is 43.1. The van der Waals surface area contributed by atoms with Crippen molar-refractivity contribution in [3.63, 3.8) is 0 Å². The normalized spacial score (nSPS) is 12.8. The Hall–Kier alpha value is -10.8. The van der Waals surface area contributed by atoms with Gasteiger partial charge in [0.15, 0.2) is 0 Å². The second kappa shape index (κ2) is 17.9. The van der Waals surface area contributed by atoms with E-state index < -0.39 is 0 Å². The van der Waals surface area contributed by atoms with Crippen LogP contribution in [0.15, 0.2) is 265 Å². The van der Waals surface area contributed by atoms with E-state index in [1.165, 1.54) is 28.1 Å². The topological polar surface area (TPSA) is 72.0 Å². The first kappa shape index (κ1) is 45.4. The van der Waals surface area contributed by atoms with Crippen LogP contribution in [-0.2, 0) is 6.42 Å². The molecule has 0 amide bonds. The van der Waals surface area contributed by atoms with Crippen molar-refractivity contribution in [2.75, 3.05) is 4.90 Å². The highest BCUT2D eigenvalue weighted by molar-refractivity contribution is 6.03. The number of anilines is 1. The molecule has 7 nitrogen and oxygen atoms in total. The fourth-order valence-corrected chi connectivity index (χ4v) is 12.6. The van der Waals surface area contributed by atoms with Crippen LogP contribution in [0.25, 0.3) is 133 Å². The SMILES string of the molecule is O=c1nc2c3ccc(-c4ccccc4-c4cc(-c5ccccc5-c5ccc6c(c5)C=CN5C6=CCc6ccccc65)cc(-c5ccccc5-c5ccc6c(ccn7c8ccccc8c(=O)nc67)c5)c4)cc3ccn2c2ccccc12. The van der Waals surface area contributed by atoms with E-state index in [4.69, 9.17) is 0 Å². The Kier molecular flexibility index (Phi) is 10.2. The summed E-state index contributed by atoms with van der Waals surface area (Å²) < 4.78 is 4.02. The van der Waals surface area contributed by atoms with Gasteiger partial charge in [-0.15, -0.1) is 0 Å². The predicted molar refractivity (Wildman–Crippen MR) is 329 cm³/mol. The van der Waals surface area contributed by atoms with Gasteiger partial charge in [0.2, 0.25) is 0 Å². The zero-order valence-corrected chi connectivity index (χ0v) is 43.1. The molecule has 0 saturated carbocycles. The summed E-state index contributed by atoms with van der Waals surface area (Å²) in [7, 11) is 0. The zero-order chi connectivity index (χ0) is 53.0. The van der Waals surface area contributed by atoms with Gasteiger partial charge in [-0.2, -0.15) is 9.97 Å². The minimum Gasteiger partial charge on any atom is -0.317 e. The van der Waals surface area contributed by atoms with E-state index in [-0.39, 0.29) is 11.1 Å². The van der Waals surface area contributed by atoms with Gasteiger partial charge in [0.05, 0.1) is 21.8 Å². The first-order valence-electron chi connectivity index (χ1n) is 27.0. The van der Waals surface area contributed by atoms with Crippen LogP contribution in [0.5, 0.6) is 0 Å². The molecule has 0 unspecified atom stereocenters. The van der Waals surface area contributed by atoms with E-state index in [9.17, 15) is 9.59 Å². The molecule has 2 aliphatic rings. The van der Waals surface area contributed by atoms with Gasteiger partial charge in [0.1, 0.15) is 11.3 Å². The molecule has 16 rings (SSSR count). The Morgan fingerprint density at radius 3 is 1.32 bits per heavy atom. The molecule has 0 N–H and O–H groups in total. The van der Waals surface area contributed by atoms with Gasteiger partial charge in [0.25, 0.3) is 11.1 Å². The molecule has 0 spiro atoms. The number of rotatable bonds is 6. The van der Waals surface area contributed by atoms with E-state index in [2.05, 4.69) is 215 Å². The van der Waals surface area contributed by atoms with Crippen LogP contribution in [0.1, 0.15) is 16.7 Å². The summed E-state index contributed by atoms with van der Waals surface area (Å²) in [5, 5.41) is 5.00. The monoisotopic (exact) mass is 1020 g/mol. The number of aromatic nitrogens is 4. The van der Waals surface area contributed by atoms with Crippen molar-refractivity contribution in [3.05, 3.63) is 293 Å². The predicted octanol–water partition coefficient (Wildman–Crippen LogP) is 16.7. The van der Waals surface area contributed by atoms with Gasteiger partial charge < -0.3 is 13.7 Å². The van der Waals surface area contributed by atoms with Crippen LogP contribution in [0, 0.1) is 0 Å². The summed E-state index contributed by atoms with van der Waals surface area (Å²) in [5.41, 5.74) is 21.8. The third kappa shape index (κ3) is 7.21. The van der Waals surface area contributed by atoms with Gasteiger partial charge in [-0.25, -0.2) is 0 Å². The fraction of sp³-hybridized carbons (Fsp3) is 0.0137. The molecule has 374 valence electrons. The number of hydrogen-bond donors (Lipinski definition) is 0. The van der Waals surface area contributed by atoms with Gasteiger partial charge in [-0.3, -0.25) is 9.59 Å². The van der Waals surface area contributed by atoms with Crippen molar-refractivity contribution in [2.45, 2.75) is 6.42 Å². The molecule has 0 radical (unpaired) electrons. The minimum absolute atomic E-state index is 0.233. The molecule has 0 aliphatic carbocycles. The van der Waals surface area contributed by atoms with Crippen molar-refractivity contribution >= 4 is 72.1 Å². The molecule has 80 heavy (non-hydrogen) atoms. The van der Waals surface area contributed by atoms with E-state index >= 15 is 0 Å². The Morgan fingerprint density at radius 1 is 0.362 bits per heavy atom. The number of hydrogen-bond acceptors (Lipinski definition) is 5. The van der Waals surface area contributed by atoms with Crippen molar-refractivity contribution in [1.82, 2.24) is 18.8 Å². The average Bonchev–Trinajstić information content (AvgIpc) is 3.54. The standard InChI is InChI=1S/C73H45N5O2/c79-72-64-20-8-11-23-67(64)77-37-34-50-40-47(26-30-62(50)70(77)74-72)56-15-3-6-18-59(56)53-42-52(58-17-5-2-14-55(58)46-25-29-61-49(39-46)33-36-76-66-22-10-1-13-45(66)28-32-69(61)76)43-54(44-53)60-19-7-4-16-57(60)48-27-31-63-51(41-48)35-38-78-68-24-12-9-21-65(68)73(80)75-71(63)78/h1-27,29-44H,28H2. The van der Waals surface area contributed by atoms with Gasteiger partial charge in [-0.1, -0.05) is 158 Å². The molecular formula is C73H45N5O2. The second-order valence-corrected chi connectivity index (χ2v) is 20.8. The molecule has 10 aromatic carbocycles. The van der Waals surface area contributed by atoms with Crippen molar-refractivity contribution < 1.29 is 0 Å². The fourth-order valence-electron chi connectivity index (χ4n) is 12.6. The molecular weight excluding hydrogens is 979 g/mol. The maximum absolute atomic E-state index is 13.3. The van der Waals surface area contributed by atoms with Gasteiger partial charge in [-0.05, 0) is 180 Å². The molecule has 14 aromatic rings. The molecule has 2 aliphatic heterocycles. The van der Waals surface area contributed by atoms with Crippen LogP contribution in [0.2, 0.25) is 0 Å². The van der Waals surface area contributed by atoms with Crippen molar-refractivity contribution in [1.29, 1.82) is 0 Å². The first-order chi connectivity index (χ1) is 39.5. The van der Waals surface area contributed by atoms with Crippen molar-refractivity contribution in [2.24, 2.45) is 0 Å². The Morgan fingerprint density at radius 2 is 0.800 bits per heavy atom. The number of nitrogens with zero attached hydrogens (tertiary/aromatic N) is 5. The number of benzene rings is 10. The molecule has 0 fully saturated rings. The van der Waals surface area contributed by atoms with E-state index in [0.717, 1.165) is 106 Å². The van der Waals surface area contributed by atoms with Crippen LogP contribution in [-0.4, -0.2) is 18.8 Å². The van der Waals surface area contributed by atoms with Crippen molar-refractivity contribution in [3.8, 4) is 66.8 Å². The summed E-state index contributed by atoms with van der Waals surface area (Å²) >= 11 is 0. The molecule has 0 atom stereocenters. The maximum atomic E-state index is 13.3. The summed E-state index contributed by atoms with van der Waals surface area (Å²) in [6.07, 6.45) is 11.7. The van der Waals surface area contributed by atoms with E-state index in [1.54, 1.807) is 0 Å². The summed E-state index contributed by atoms with van der Waals surface area (Å²) in [6, 6.07) is 81.1. The highest BCUT2D eigenvalue weighted by Crippen LogP contribution is 2.45. The van der Waals surface area contributed by atoms with Gasteiger partial charge >= 0.3 is 0 Å². The molecule has 4 aromatic heterocycles. The molecule has 0 saturated heterocycles. The Labute approximate surface area is 459 Å². The smallest absolute Gasteiger partial charge is 0.281 e. The van der Waals surface area contributed by atoms with Crippen LogP contribution >= 0.6 is 0 Å². The second-order valence-electron chi connectivity index (χ2n) is 20.8. The van der Waals surface area contributed by atoms with Crippen LogP contribution in [0.3, 0.4) is 0 Å². The van der Waals surface area contributed by atoms with Crippen LogP contribution in [0.4, 0.5) is 5.69 Å². The average molecular weight is 1020 g/mol. The van der Waals surface area contributed by atoms with E-state index in [0.29, 0.717) is 22.1 Å². The number of allylic oxidation sites excluding steroid dienone is 1. The lowest BCUT2D eigenvalue weighted by Gasteiger charge is -2.33. The van der Waals surface area contributed by atoms with Crippen LogP contribution < -0.4 is 16.0 Å². The number of pyridine rings is 2. The minimum atomic E-state index is -0.233. The third-order valence-electron chi connectivity index (χ3n) is 16.4. The number of para-hydroxylation sites is 3. The highest BCUT2D eigenvalue weighted by atomic mass is 16.1. The quantitative estimate of drug-likeness (QED) is 0.155. The highest BCUT2D eigenvalue weighted by Gasteiger charge is 2.25. The Balaban J connectivity index is 0.860. The Bertz CT molecular complexity index is 4950. The van der Waals surface area contributed by atoms with E-state index in [1.807, 2.05) is 69.7 Å². The first-order valence-corrected chi connectivity index (χ1v) is 27.0. The lowest BCUT2D eigenvalue weighted by Crippen LogP contribution is -2.22. The lowest BCUT2D eigenvalue weighted by molar-refractivity contribution is 1.14. The molecule has 6 heterocycles. The summed E-state index contributed by atoms with van der Waals surface area (Å²) in [4.78, 5) is 38.2. The maximum Gasteiger partial charge on any atom is 0.281 e. The summed E-state index contributed by atoms with van der Waals surface area (Å²) in [5.74, 6) is 0.